The van der Waals surface area contributed by atoms with Crippen molar-refractivity contribution in [3.63, 3.8) is 0 Å². The van der Waals surface area contributed by atoms with E-state index in [-0.39, 0.29) is 11.5 Å². The molecule has 1 aliphatic heterocycles. The van der Waals surface area contributed by atoms with Crippen LogP contribution in [0.4, 0.5) is 0 Å². The number of sulfone groups is 1. The first-order chi connectivity index (χ1) is 8.89. The highest BCUT2D eigenvalue weighted by molar-refractivity contribution is 7.91. The van der Waals surface area contributed by atoms with Crippen molar-refractivity contribution in [2.24, 2.45) is 0 Å². The van der Waals surface area contributed by atoms with Crippen LogP contribution in [0, 0.1) is 0 Å². The topological polar surface area (TPSA) is 58.2 Å². The summed E-state index contributed by atoms with van der Waals surface area (Å²) in [5.74, 6) is 0.380. The molecule has 1 atom stereocenters. The molecule has 0 aromatic heterocycles. The van der Waals surface area contributed by atoms with Crippen LogP contribution in [-0.4, -0.2) is 30.6 Å². The predicted octanol–water partition coefficient (Wildman–Crippen LogP) is 1.23. The second kappa shape index (κ2) is 5.46. The predicted molar refractivity (Wildman–Crippen MR) is 80.7 cm³/mol. The molecular formula is C13H18N2O2S2. The first-order valence-corrected chi connectivity index (χ1v) is 8.42. The van der Waals surface area contributed by atoms with Crippen LogP contribution in [0.5, 0.6) is 0 Å². The normalized spacial score (nSPS) is 24.9. The summed E-state index contributed by atoms with van der Waals surface area (Å²) in [7, 11) is -2.92. The Kier molecular flexibility index (Phi) is 4.10. The molecule has 0 bridgehead atoms. The molecule has 2 N–H and O–H groups in total. The molecule has 19 heavy (non-hydrogen) atoms. The average molecular weight is 298 g/mol. The fourth-order valence-electron chi connectivity index (χ4n) is 2.21. The fraction of sp³-hybridized carbons (Fsp3) is 0.462. The Morgan fingerprint density at radius 1 is 1.37 bits per heavy atom. The minimum absolute atomic E-state index is 0.146. The minimum Gasteiger partial charge on any atom is -0.359 e. The highest BCUT2D eigenvalue weighted by atomic mass is 32.2. The van der Waals surface area contributed by atoms with Gasteiger partial charge in [-0.05, 0) is 31.1 Å². The van der Waals surface area contributed by atoms with Gasteiger partial charge in [0.15, 0.2) is 14.9 Å². The maximum atomic E-state index is 11.5. The van der Waals surface area contributed by atoms with Crippen LogP contribution < -0.4 is 10.6 Å². The summed E-state index contributed by atoms with van der Waals surface area (Å²) >= 11 is 5.22. The Morgan fingerprint density at radius 3 is 2.63 bits per heavy atom. The number of hydrogen-bond donors (Lipinski definition) is 2. The van der Waals surface area contributed by atoms with Crippen LogP contribution >= 0.6 is 12.2 Å². The van der Waals surface area contributed by atoms with E-state index in [0.29, 0.717) is 18.1 Å². The lowest BCUT2D eigenvalue weighted by molar-refractivity contribution is 0.468. The van der Waals surface area contributed by atoms with E-state index in [1.54, 1.807) is 0 Å². The fourth-order valence-corrected chi connectivity index (χ4v) is 4.62. The third kappa shape index (κ3) is 4.18. The molecule has 0 unspecified atom stereocenters. The molecule has 0 amide bonds. The van der Waals surface area contributed by atoms with Crippen molar-refractivity contribution < 1.29 is 8.42 Å². The van der Waals surface area contributed by atoms with E-state index in [1.165, 1.54) is 0 Å². The lowest BCUT2D eigenvalue weighted by atomic mass is 10.0. The van der Waals surface area contributed by atoms with Gasteiger partial charge in [-0.15, -0.1) is 0 Å². The number of thiocarbonyl (C=S) groups is 1. The van der Waals surface area contributed by atoms with Gasteiger partial charge in [0.25, 0.3) is 0 Å². The molecule has 1 aromatic rings. The summed E-state index contributed by atoms with van der Waals surface area (Å²) in [6, 6.07) is 9.93. The molecule has 1 aromatic carbocycles. The average Bonchev–Trinajstić information content (AvgIpc) is 2.62. The first kappa shape index (κ1) is 14.3. The van der Waals surface area contributed by atoms with E-state index in [4.69, 9.17) is 12.2 Å². The molecule has 1 heterocycles. The van der Waals surface area contributed by atoms with Crippen LogP contribution in [0.25, 0.3) is 0 Å². The van der Waals surface area contributed by atoms with Crippen molar-refractivity contribution in [3.8, 4) is 0 Å². The van der Waals surface area contributed by atoms with Gasteiger partial charge >= 0.3 is 0 Å². The van der Waals surface area contributed by atoms with E-state index in [1.807, 2.05) is 37.3 Å². The van der Waals surface area contributed by atoms with E-state index in [9.17, 15) is 8.42 Å². The zero-order chi connectivity index (χ0) is 13.9. The van der Waals surface area contributed by atoms with E-state index in [0.717, 1.165) is 5.56 Å². The van der Waals surface area contributed by atoms with E-state index >= 15 is 0 Å². The molecule has 2 rings (SSSR count). The van der Waals surface area contributed by atoms with Gasteiger partial charge in [0.1, 0.15) is 0 Å². The molecule has 1 aliphatic rings. The van der Waals surface area contributed by atoms with Crippen molar-refractivity contribution >= 4 is 27.2 Å². The second-order valence-corrected chi connectivity index (χ2v) is 7.79. The van der Waals surface area contributed by atoms with Gasteiger partial charge in [0.05, 0.1) is 17.0 Å². The Hall–Kier alpha value is -1.14. The van der Waals surface area contributed by atoms with Crippen molar-refractivity contribution in [1.29, 1.82) is 0 Å². The van der Waals surface area contributed by atoms with Gasteiger partial charge in [0.2, 0.25) is 0 Å². The van der Waals surface area contributed by atoms with Crippen LogP contribution in [0.3, 0.4) is 0 Å². The highest BCUT2D eigenvalue weighted by Crippen LogP contribution is 2.22. The monoisotopic (exact) mass is 298 g/mol. The first-order valence-electron chi connectivity index (χ1n) is 6.19. The largest absolute Gasteiger partial charge is 0.359 e. The van der Waals surface area contributed by atoms with E-state index < -0.39 is 15.4 Å². The van der Waals surface area contributed by atoms with Crippen LogP contribution in [-0.2, 0) is 16.4 Å². The molecule has 0 aliphatic carbocycles. The maximum absolute atomic E-state index is 11.5. The SMILES string of the molecule is C[C@]1(NC(=S)NCc2ccccc2)CCS(=O)(=O)C1. The summed E-state index contributed by atoms with van der Waals surface area (Å²) in [5.41, 5.74) is 0.690. The summed E-state index contributed by atoms with van der Waals surface area (Å²) in [6.45, 7) is 2.53. The zero-order valence-corrected chi connectivity index (χ0v) is 12.5. The van der Waals surface area contributed by atoms with Crippen LogP contribution in [0.2, 0.25) is 0 Å². The van der Waals surface area contributed by atoms with Gasteiger partial charge in [-0.1, -0.05) is 30.3 Å². The number of nitrogens with one attached hydrogen (secondary N) is 2. The molecule has 104 valence electrons. The maximum Gasteiger partial charge on any atom is 0.167 e. The van der Waals surface area contributed by atoms with Crippen LogP contribution in [0.15, 0.2) is 30.3 Å². The summed E-state index contributed by atoms with van der Waals surface area (Å²) < 4.78 is 23.0. The number of benzene rings is 1. The van der Waals surface area contributed by atoms with E-state index in [2.05, 4.69) is 10.6 Å². The van der Waals surface area contributed by atoms with Gasteiger partial charge in [-0.25, -0.2) is 8.42 Å². The Morgan fingerprint density at radius 2 is 2.05 bits per heavy atom. The van der Waals surface area contributed by atoms with Crippen LogP contribution in [0.1, 0.15) is 18.9 Å². The van der Waals surface area contributed by atoms with Crippen molar-refractivity contribution in [1.82, 2.24) is 10.6 Å². The standard InChI is InChI=1S/C13H18N2O2S2/c1-13(7-8-19(16,17)10-13)15-12(18)14-9-11-5-3-2-4-6-11/h2-6H,7-10H2,1H3,(H2,14,15,18)/t13-/m0/s1. The molecule has 1 saturated heterocycles. The lowest BCUT2D eigenvalue weighted by Gasteiger charge is -2.26. The molecular weight excluding hydrogens is 280 g/mol. The van der Waals surface area contributed by atoms with Crippen molar-refractivity contribution in [2.45, 2.75) is 25.4 Å². The van der Waals surface area contributed by atoms with Crippen molar-refractivity contribution in [2.75, 3.05) is 11.5 Å². The smallest absolute Gasteiger partial charge is 0.167 e. The quantitative estimate of drug-likeness (QED) is 0.822. The second-order valence-electron chi connectivity index (χ2n) is 5.20. The molecule has 0 radical (unpaired) electrons. The third-order valence-corrected chi connectivity index (χ3v) is 5.36. The van der Waals surface area contributed by atoms with Gasteiger partial charge < -0.3 is 10.6 Å². The third-order valence-electron chi connectivity index (χ3n) is 3.21. The number of rotatable bonds is 3. The van der Waals surface area contributed by atoms with Gasteiger partial charge in [-0.2, -0.15) is 0 Å². The molecule has 0 saturated carbocycles. The molecule has 4 nitrogen and oxygen atoms in total. The summed E-state index contributed by atoms with van der Waals surface area (Å²) in [4.78, 5) is 0. The summed E-state index contributed by atoms with van der Waals surface area (Å²) in [5, 5.41) is 6.73. The Balaban J connectivity index is 1.85. The Bertz CT molecular complexity index is 557. The number of hydrogen-bond acceptors (Lipinski definition) is 3. The van der Waals surface area contributed by atoms with Crippen molar-refractivity contribution in [3.05, 3.63) is 35.9 Å². The Labute approximate surface area is 119 Å². The minimum atomic E-state index is -2.92. The molecule has 0 spiro atoms. The lowest BCUT2D eigenvalue weighted by Crippen LogP contribution is -2.50. The van der Waals surface area contributed by atoms with Gasteiger partial charge in [-0.3, -0.25) is 0 Å². The zero-order valence-electron chi connectivity index (χ0n) is 10.8. The molecule has 1 fully saturated rings. The van der Waals surface area contributed by atoms with Gasteiger partial charge in [0, 0.05) is 6.54 Å². The highest BCUT2D eigenvalue weighted by Gasteiger charge is 2.38. The summed E-state index contributed by atoms with van der Waals surface area (Å²) in [6.07, 6.45) is 0.600. The molecule has 6 heteroatoms.